The molecule has 0 bridgehead atoms. The number of nitrogens with two attached hydrogens (primary N) is 1. The summed E-state index contributed by atoms with van der Waals surface area (Å²) in [6, 6.07) is 1.89. The molecule has 19 heavy (non-hydrogen) atoms. The molecule has 1 aliphatic rings. The van der Waals surface area contributed by atoms with Crippen LogP contribution in [0.5, 0.6) is 0 Å². The zero-order chi connectivity index (χ0) is 14.3. The zero-order valence-corrected chi connectivity index (χ0v) is 9.85. The maximum atomic E-state index is 13.4. The minimum atomic E-state index is -4.59. The molecule has 104 valence electrons. The first kappa shape index (κ1) is 13.8. The van der Waals surface area contributed by atoms with Crippen LogP contribution in [-0.4, -0.2) is 12.5 Å². The quantitative estimate of drug-likeness (QED) is 0.833. The Hall–Kier alpha value is -1.63. The molecule has 0 heterocycles. The summed E-state index contributed by atoms with van der Waals surface area (Å²) < 4.78 is 50.9. The van der Waals surface area contributed by atoms with E-state index in [4.69, 9.17) is 5.73 Å². The van der Waals surface area contributed by atoms with Gasteiger partial charge in [0.05, 0.1) is 16.7 Å². The van der Waals surface area contributed by atoms with Gasteiger partial charge in [-0.1, -0.05) is 0 Å². The predicted molar refractivity (Wildman–Crippen MR) is 60.8 cm³/mol. The molecule has 0 aliphatic heterocycles. The average molecular weight is 276 g/mol. The van der Waals surface area contributed by atoms with Crippen molar-refractivity contribution in [1.29, 1.82) is 0 Å². The molecule has 2 rings (SSSR count). The van der Waals surface area contributed by atoms with E-state index in [1.807, 2.05) is 0 Å². The van der Waals surface area contributed by atoms with E-state index in [-0.39, 0.29) is 6.54 Å². The number of carbonyl (C=O) groups excluding carboxylic acids is 1. The van der Waals surface area contributed by atoms with Crippen molar-refractivity contribution in [3.05, 3.63) is 29.6 Å². The average Bonchev–Trinajstić information content (AvgIpc) is 3.11. The van der Waals surface area contributed by atoms with Crippen molar-refractivity contribution in [2.45, 2.75) is 19.0 Å². The molecule has 1 aliphatic carbocycles. The summed E-state index contributed by atoms with van der Waals surface area (Å²) in [5.74, 6) is -1.44. The number of anilines is 1. The number of carbonyl (C=O) groups is 1. The van der Waals surface area contributed by atoms with Crippen LogP contribution in [0.25, 0.3) is 0 Å². The Bertz CT molecular complexity index is 509. The number of alkyl halides is 3. The van der Waals surface area contributed by atoms with Gasteiger partial charge >= 0.3 is 6.18 Å². The van der Waals surface area contributed by atoms with Crippen molar-refractivity contribution in [3.8, 4) is 0 Å². The molecule has 0 saturated heterocycles. The lowest BCUT2D eigenvalue weighted by Crippen LogP contribution is -2.31. The fraction of sp³-hybridized carbons (Fsp3) is 0.417. The van der Waals surface area contributed by atoms with Crippen LogP contribution in [0.2, 0.25) is 0 Å². The van der Waals surface area contributed by atoms with Crippen LogP contribution in [0, 0.1) is 11.2 Å². The van der Waals surface area contributed by atoms with Gasteiger partial charge < -0.3 is 11.1 Å². The maximum absolute atomic E-state index is 13.4. The van der Waals surface area contributed by atoms with Gasteiger partial charge in [0, 0.05) is 6.54 Å². The first-order valence-corrected chi connectivity index (χ1v) is 5.67. The van der Waals surface area contributed by atoms with Gasteiger partial charge in [-0.3, -0.25) is 4.79 Å². The van der Waals surface area contributed by atoms with E-state index in [1.54, 1.807) is 0 Å². The third kappa shape index (κ3) is 2.70. The topological polar surface area (TPSA) is 55.1 Å². The van der Waals surface area contributed by atoms with E-state index in [0.717, 1.165) is 0 Å². The highest BCUT2D eigenvalue weighted by Crippen LogP contribution is 2.45. The highest BCUT2D eigenvalue weighted by Gasteiger charge is 2.48. The molecule has 3 nitrogen and oxygen atoms in total. The highest BCUT2D eigenvalue weighted by molar-refractivity contribution is 5.97. The number of rotatable bonds is 3. The first-order valence-electron chi connectivity index (χ1n) is 5.67. The lowest BCUT2D eigenvalue weighted by molar-refractivity contribution is -0.137. The number of benzene rings is 1. The number of halogens is 4. The molecule has 7 heteroatoms. The minimum Gasteiger partial charge on any atom is -0.329 e. The van der Waals surface area contributed by atoms with Gasteiger partial charge in [0.1, 0.15) is 5.82 Å². The summed E-state index contributed by atoms with van der Waals surface area (Å²) in [6.45, 7) is 0.0966. The highest BCUT2D eigenvalue weighted by atomic mass is 19.4. The fourth-order valence-electron chi connectivity index (χ4n) is 1.73. The predicted octanol–water partition coefficient (Wildman–Crippen LogP) is 2.52. The molecule has 1 aromatic rings. The first-order chi connectivity index (χ1) is 8.78. The molecule has 1 aromatic carbocycles. The second kappa shape index (κ2) is 4.48. The number of hydrogen-bond donors (Lipinski definition) is 2. The molecule has 3 N–H and O–H groups in total. The standard InChI is InChI=1S/C12H12F4N2O/c13-8-2-1-7(12(14,15)16)5-9(8)18-10(19)11(6-17)3-4-11/h1-2,5H,3-4,6,17H2,(H,18,19). The Labute approximate surface area is 106 Å². The molecule has 0 atom stereocenters. The van der Waals surface area contributed by atoms with Gasteiger partial charge in [0.15, 0.2) is 0 Å². The van der Waals surface area contributed by atoms with Crippen molar-refractivity contribution in [2.75, 3.05) is 11.9 Å². The number of nitrogens with one attached hydrogen (secondary N) is 1. The molecule has 1 amide bonds. The summed E-state index contributed by atoms with van der Waals surface area (Å²) in [6.07, 6.45) is -3.45. The Morgan fingerprint density at radius 1 is 1.37 bits per heavy atom. The minimum absolute atomic E-state index is 0.0966. The normalized spacial score (nSPS) is 17.1. The summed E-state index contributed by atoms with van der Waals surface area (Å²) in [4.78, 5) is 11.8. The third-order valence-corrected chi connectivity index (χ3v) is 3.27. The molecular formula is C12H12F4N2O. The van der Waals surface area contributed by atoms with Crippen molar-refractivity contribution < 1.29 is 22.4 Å². The monoisotopic (exact) mass is 276 g/mol. The van der Waals surface area contributed by atoms with Gasteiger partial charge in [-0.25, -0.2) is 4.39 Å². The number of hydrogen-bond acceptors (Lipinski definition) is 2. The van der Waals surface area contributed by atoms with Crippen molar-refractivity contribution in [2.24, 2.45) is 11.1 Å². The Morgan fingerprint density at radius 3 is 2.47 bits per heavy atom. The molecular weight excluding hydrogens is 264 g/mol. The van der Waals surface area contributed by atoms with Crippen LogP contribution >= 0.6 is 0 Å². The molecule has 0 radical (unpaired) electrons. The van der Waals surface area contributed by atoms with Gasteiger partial charge in [-0.05, 0) is 31.0 Å². The molecule has 0 aromatic heterocycles. The fourth-order valence-corrected chi connectivity index (χ4v) is 1.73. The van der Waals surface area contributed by atoms with E-state index in [0.29, 0.717) is 31.0 Å². The summed E-state index contributed by atoms with van der Waals surface area (Å²) >= 11 is 0. The SMILES string of the molecule is NCC1(C(=O)Nc2cc(C(F)(F)F)ccc2F)CC1. The lowest BCUT2D eigenvalue weighted by Gasteiger charge is -2.15. The van der Waals surface area contributed by atoms with Gasteiger partial charge in [0.2, 0.25) is 5.91 Å². The number of amides is 1. The van der Waals surface area contributed by atoms with Gasteiger partial charge in [0.25, 0.3) is 0 Å². The Morgan fingerprint density at radius 2 is 2.00 bits per heavy atom. The van der Waals surface area contributed by atoms with Gasteiger partial charge in [-0.2, -0.15) is 13.2 Å². The summed E-state index contributed by atoms with van der Waals surface area (Å²) in [5, 5.41) is 2.18. The smallest absolute Gasteiger partial charge is 0.329 e. The van der Waals surface area contributed by atoms with Gasteiger partial charge in [-0.15, -0.1) is 0 Å². The van der Waals surface area contributed by atoms with Crippen LogP contribution in [0.3, 0.4) is 0 Å². The Balaban J connectivity index is 2.23. The van der Waals surface area contributed by atoms with Crippen LogP contribution in [0.15, 0.2) is 18.2 Å². The van der Waals surface area contributed by atoms with E-state index in [2.05, 4.69) is 5.32 Å². The molecule has 0 unspecified atom stereocenters. The lowest BCUT2D eigenvalue weighted by atomic mass is 10.1. The summed E-state index contributed by atoms with van der Waals surface area (Å²) in [5.41, 5.74) is 3.19. The summed E-state index contributed by atoms with van der Waals surface area (Å²) in [7, 11) is 0. The van der Waals surface area contributed by atoms with Crippen LogP contribution < -0.4 is 11.1 Å². The second-order valence-electron chi connectivity index (χ2n) is 4.63. The maximum Gasteiger partial charge on any atom is 0.416 e. The van der Waals surface area contributed by atoms with Crippen LogP contribution in [-0.2, 0) is 11.0 Å². The van der Waals surface area contributed by atoms with Crippen LogP contribution in [0.1, 0.15) is 18.4 Å². The second-order valence-corrected chi connectivity index (χ2v) is 4.63. The van der Waals surface area contributed by atoms with E-state index < -0.39 is 34.6 Å². The molecule has 0 spiro atoms. The van der Waals surface area contributed by atoms with E-state index in [1.165, 1.54) is 0 Å². The largest absolute Gasteiger partial charge is 0.416 e. The van der Waals surface area contributed by atoms with E-state index >= 15 is 0 Å². The van der Waals surface area contributed by atoms with Crippen LogP contribution in [0.4, 0.5) is 23.2 Å². The molecule has 1 saturated carbocycles. The Kier molecular flexibility index (Phi) is 3.25. The van der Waals surface area contributed by atoms with Crippen molar-refractivity contribution >= 4 is 11.6 Å². The third-order valence-electron chi connectivity index (χ3n) is 3.27. The van der Waals surface area contributed by atoms with Crippen molar-refractivity contribution in [1.82, 2.24) is 0 Å². The molecule has 1 fully saturated rings. The van der Waals surface area contributed by atoms with E-state index in [9.17, 15) is 22.4 Å². The van der Waals surface area contributed by atoms with Crippen molar-refractivity contribution in [3.63, 3.8) is 0 Å². The zero-order valence-electron chi connectivity index (χ0n) is 9.85.